The first-order valence-corrected chi connectivity index (χ1v) is 6.64. The van der Waals surface area contributed by atoms with E-state index in [1.54, 1.807) is 13.2 Å². The standard InChI is InChI=1S/C11H17BrN4O2/c1-7(13)9-6-16(3-4-18-9)8-5-14-15(2)11(17)10(8)12/h5,7,9H,3-4,6,13H2,1-2H3. The molecular weight excluding hydrogens is 300 g/mol. The number of hydrogen-bond acceptors (Lipinski definition) is 5. The molecule has 6 nitrogen and oxygen atoms in total. The number of rotatable bonds is 2. The van der Waals surface area contributed by atoms with Gasteiger partial charge in [0.1, 0.15) is 4.47 Å². The SMILES string of the molecule is CC(N)C1CN(c2cnn(C)c(=O)c2Br)CCO1. The van der Waals surface area contributed by atoms with Crippen LogP contribution in [0.1, 0.15) is 6.92 Å². The summed E-state index contributed by atoms with van der Waals surface area (Å²) in [5.41, 5.74) is 6.51. The predicted octanol–water partition coefficient (Wildman–Crippen LogP) is 0.0952. The number of morpholine rings is 1. The fourth-order valence-corrected chi connectivity index (χ4v) is 2.54. The van der Waals surface area contributed by atoms with Crippen molar-refractivity contribution in [3.63, 3.8) is 0 Å². The molecule has 100 valence electrons. The lowest BCUT2D eigenvalue weighted by Gasteiger charge is -2.36. The minimum atomic E-state index is -0.142. The fourth-order valence-electron chi connectivity index (χ4n) is 1.93. The van der Waals surface area contributed by atoms with Crippen LogP contribution in [0.2, 0.25) is 0 Å². The van der Waals surface area contributed by atoms with Crippen molar-refractivity contribution in [1.29, 1.82) is 0 Å². The highest BCUT2D eigenvalue weighted by Crippen LogP contribution is 2.23. The largest absolute Gasteiger partial charge is 0.373 e. The summed E-state index contributed by atoms with van der Waals surface area (Å²) in [5.74, 6) is 0. The van der Waals surface area contributed by atoms with Gasteiger partial charge in [-0.3, -0.25) is 4.79 Å². The predicted molar refractivity (Wildman–Crippen MR) is 72.8 cm³/mol. The number of aryl methyl sites for hydroxylation is 1. The molecule has 0 bridgehead atoms. The molecule has 1 saturated heterocycles. The van der Waals surface area contributed by atoms with Crippen LogP contribution in [0.3, 0.4) is 0 Å². The van der Waals surface area contributed by atoms with E-state index in [1.807, 2.05) is 6.92 Å². The van der Waals surface area contributed by atoms with Crippen molar-refractivity contribution in [2.45, 2.75) is 19.1 Å². The number of hydrogen-bond donors (Lipinski definition) is 1. The maximum Gasteiger partial charge on any atom is 0.282 e. The van der Waals surface area contributed by atoms with Crippen LogP contribution in [0.25, 0.3) is 0 Å². The number of ether oxygens (including phenoxy) is 1. The molecule has 2 atom stereocenters. The van der Waals surface area contributed by atoms with Gasteiger partial charge in [0.15, 0.2) is 0 Å². The average Bonchev–Trinajstić information content (AvgIpc) is 2.36. The summed E-state index contributed by atoms with van der Waals surface area (Å²) in [4.78, 5) is 13.9. The van der Waals surface area contributed by atoms with Crippen molar-refractivity contribution in [3.05, 3.63) is 21.0 Å². The van der Waals surface area contributed by atoms with Gasteiger partial charge < -0.3 is 15.4 Å². The Hall–Kier alpha value is -0.920. The Labute approximate surface area is 114 Å². The van der Waals surface area contributed by atoms with Gasteiger partial charge in [0.05, 0.1) is 24.6 Å². The molecule has 1 aromatic heterocycles. The first kappa shape index (κ1) is 13.5. The molecule has 2 rings (SSSR count). The molecule has 0 amide bonds. The monoisotopic (exact) mass is 316 g/mol. The van der Waals surface area contributed by atoms with Crippen molar-refractivity contribution < 1.29 is 4.74 Å². The molecule has 0 aromatic carbocycles. The quantitative estimate of drug-likeness (QED) is 0.837. The highest BCUT2D eigenvalue weighted by Gasteiger charge is 2.25. The smallest absolute Gasteiger partial charge is 0.282 e. The van der Waals surface area contributed by atoms with Crippen molar-refractivity contribution >= 4 is 21.6 Å². The fraction of sp³-hybridized carbons (Fsp3) is 0.636. The second-order valence-electron chi connectivity index (χ2n) is 4.49. The zero-order chi connectivity index (χ0) is 13.3. The second kappa shape index (κ2) is 5.38. The summed E-state index contributed by atoms with van der Waals surface area (Å²) in [7, 11) is 1.63. The van der Waals surface area contributed by atoms with Gasteiger partial charge in [0, 0.05) is 26.2 Å². The Bertz CT molecular complexity index is 488. The molecular formula is C11H17BrN4O2. The van der Waals surface area contributed by atoms with Gasteiger partial charge >= 0.3 is 0 Å². The Morgan fingerprint density at radius 1 is 1.67 bits per heavy atom. The van der Waals surface area contributed by atoms with Gasteiger partial charge in [0.25, 0.3) is 5.56 Å². The minimum absolute atomic E-state index is 0.0188. The molecule has 1 aliphatic rings. The average molecular weight is 317 g/mol. The van der Waals surface area contributed by atoms with Crippen molar-refractivity contribution in [2.24, 2.45) is 12.8 Å². The molecule has 7 heteroatoms. The second-order valence-corrected chi connectivity index (χ2v) is 5.28. The molecule has 2 N–H and O–H groups in total. The zero-order valence-electron chi connectivity index (χ0n) is 10.5. The van der Waals surface area contributed by atoms with Gasteiger partial charge in [-0.1, -0.05) is 0 Å². The Kier molecular flexibility index (Phi) is 4.04. The van der Waals surface area contributed by atoms with Crippen LogP contribution in [0.4, 0.5) is 5.69 Å². The maximum atomic E-state index is 11.8. The summed E-state index contributed by atoms with van der Waals surface area (Å²) in [6, 6.07) is -0.0360. The number of nitrogens with two attached hydrogens (primary N) is 1. The van der Waals surface area contributed by atoms with Crippen LogP contribution in [0, 0.1) is 0 Å². The molecule has 2 heterocycles. The summed E-state index contributed by atoms with van der Waals surface area (Å²) >= 11 is 3.34. The molecule has 18 heavy (non-hydrogen) atoms. The van der Waals surface area contributed by atoms with E-state index in [2.05, 4.69) is 25.9 Å². The van der Waals surface area contributed by atoms with E-state index in [4.69, 9.17) is 10.5 Å². The summed E-state index contributed by atoms with van der Waals surface area (Å²) in [6.45, 7) is 3.93. The molecule has 1 fully saturated rings. The summed E-state index contributed by atoms with van der Waals surface area (Å²) < 4.78 is 7.43. The van der Waals surface area contributed by atoms with Gasteiger partial charge in [-0.15, -0.1) is 0 Å². The van der Waals surface area contributed by atoms with E-state index in [-0.39, 0.29) is 17.7 Å². The first-order valence-electron chi connectivity index (χ1n) is 5.84. The summed E-state index contributed by atoms with van der Waals surface area (Å²) in [5, 5.41) is 4.05. The molecule has 0 radical (unpaired) electrons. The molecule has 2 unspecified atom stereocenters. The maximum absolute atomic E-state index is 11.8. The molecule has 0 aliphatic carbocycles. The third-order valence-corrected chi connectivity index (χ3v) is 3.83. The topological polar surface area (TPSA) is 73.4 Å². The first-order chi connectivity index (χ1) is 8.50. The molecule has 0 spiro atoms. The lowest BCUT2D eigenvalue weighted by Crippen LogP contribution is -2.50. The minimum Gasteiger partial charge on any atom is -0.373 e. The van der Waals surface area contributed by atoms with Crippen molar-refractivity contribution in [3.8, 4) is 0 Å². The molecule has 1 aliphatic heterocycles. The normalized spacial score (nSPS) is 22.0. The molecule has 1 aromatic rings. The van der Waals surface area contributed by atoms with E-state index < -0.39 is 0 Å². The van der Waals surface area contributed by atoms with E-state index in [0.29, 0.717) is 17.6 Å². The summed E-state index contributed by atoms with van der Waals surface area (Å²) in [6.07, 6.45) is 1.67. The number of halogens is 1. The van der Waals surface area contributed by atoms with Crippen LogP contribution in [0.15, 0.2) is 15.5 Å². The number of aromatic nitrogens is 2. The lowest BCUT2D eigenvalue weighted by atomic mass is 10.1. The number of nitrogens with zero attached hydrogens (tertiary/aromatic N) is 3. The van der Waals surface area contributed by atoms with Crippen LogP contribution >= 0.6 is 15.9 Å². The number of anilines is 1. The van der Waals surface area contributed by atoms with Crippen LogP contribution in [-0.4, -0.2) is 41.6 Å². The van der Waals surface area contributed by atoms with Crippen LogP contribution < -0.4 is 16.2 Å². The van der Waals surface area contributed by atoms with Gasteiger partial charge in [-0.05, 0) is 22.9 Å². The van der Waals surface area contributed by atoms with Crippen LogP contribution in [-0.2, 0) is 11.8 Å². The lowest BCUT2D eigenvalue weighted by molar-refractivity contribution is 0.0275. The zero-order valence-corrected chi connectivity index (χ0v) is 12.1. The van der Waals surface area contributed by atoms with E-state index in [1.165, 1.54) is 4.68 Å². The molecule has 0 saturated carbocycles. The Balaban J connectivity index is 2.26. The van der Waals surface area contributed by atoms with Gasteiger partial charge in [-0.2, -0.15) is 5.10 Å². The Morgan fingerprint density at radius 3 is 3.06 bits per heavy atom. The van der Waals surface area contributed by atoms with Crippen molar-refractivity contribution in [1.82, 2.24) is 9.78 Å². The van der Waals surface area contributed by atoms with Crippen LogP contribution in [0.5, 0.6) is 0 Å². The van der Waals surface area contributed by atoms with E-state index in [0.717, 1.165) is 12.2 Å². The van der Waals surface area contributed by atoms with Crippen molar-refractivity contribution in [2.75, 3.05) is 24.6 Å². The van der Waals surface area contributed by atoms with Gasteiger partial charge in [-0.25, -0.2) is 4.68 Å². The van der Waals surface area contributed by atoms with E-state index >= 15 is 0 Å². The highest BCUT2D eigenvalue weighted by molar-refractivity contribution is 9.10. The third kappa shape index (κ3) is 2.57. The van der Waals surface area contributed by atoms with Gasteiger partial charge in [0.2, 0.25) is 0 Å². The Morgan fingerprint density at radius 2 is 2.39 bits per heavy atom. The third-order valence-electron chi connectivity index (χ3n) is 3.08. The highest BCUT2D eigenvalue weighted by atomic mass is 79.9. The van der Waals surface area contributed by atoms with E-state index in [9.17, 15) is 4.79 Å².